The van der Waals surface area contributed by atoms with Crippen LogP contribution in [0, 0.1) is 0 Å². The summed E-state index contributed by atoms with van der Waals surface area (Å²) < 4.78 is 0. The number of rotatable bonds is 5. The molecule has 1 aliphatic rings. The SMILES string of the molecule is O[N-]C1CCN(CC(c2ccccc2)c2ccccc2)CC1.[K+]. The van der Waals surface area contributed by atoms with Crippen LogP contribution in [0.15, 0.2) is 60.7 Å². The van der Waals surface area contributed by atoms with Crippen molar-refractivity contribution in [2.24, 2.45) is 0 Å². The Morgan fingerprint density at radius 1 is 0.913 bits per heavy atom. The van der Waals surface area contributed by atoms with Gasteiger partial charge in [0.2, 0.25) is 0 Å². The minimum absolute atomic E-state index is 0. The fourth-order valence-electron chi connectivity index (χ4n) is 3.25. The van der Waals surface area contributed by atoms with E-state index in [2.05, 4.69) is 71.0 Å². The van der Waals surface area contributed by atoms with Gasteiger partial charge in [-0.15, -0.1) is 6.04 Å². The van der Waals surface area contributed by atoms with E-state index < -0.39 is 0 Å². The Morgan fingerprint density at radius 3 is 1.83 bits per heavy atom. The van der Waals surface area contributed by atoms with E-state index in [0.29, 0.717) is 5.92 Å². The topological polar surface area (TPSA) is 37.6 Å². The van der Waals surface area contributed by atoms with Gasteiger partial charge in [-0.1, -0.05) is 73.5 Å². The van der Waals surface area contributed by atoms with Crippen molar-refractivity contribution in [1.29, 1.82) is 0 Å². The van der Waals surface area contributed by atoms with Crippen LogP contribution >= 0.6 is 0 Å². The van der Waals surface area contributed by atoms with Crippen molar-refractivity contribution in [3.63, 3.8) is 0 Å². The molecule has 4 heteroatoms. The van der Waals surface area contributed by atoms with Crippen LogP contribution in [0.1, 0.15) is 29.9 Å². The van der Waals surface area contributed by atoms with E-state index in [0.717, 1.165) is 32.5 Å². The normalized spacial score (nSPS) is 16.3. The number of benzene rings is 2. The van der Waals surface area contributed by atoms with Gasteiger partial charge in [-0.2, -0.15) is 0 Å². The summed E-state index contributed by atoms with van der Waals surface area (Å²) in [4.78, 5) is 2.49. The third-order valence-electron chi connectivity index (χ3n) is 4.57. The number of piperidine rings is 1. The van der Waals surface area contributed by atoms with Gasteiger partial charge < -0.3 is 15.6 Å². The van der Waals surface area contributed by atoms with Crippen molar-refractivity contribution in [2.75, 3.05) is 19.6 Å². The van der Waals surface area contributed by atoms with Crippen LogP contribution in [0.2, 0.25) is 0 Å². The third-order valence-corrected chi connectivity index (χ3v) is 4.57. The fraction of sp³-hybridized carbons (Fsp3) is 0.368. The second-order valence-electron chi connectivity index (χ2n) is 6.02. The fourth-order valence-corrected chi connectivity index (χ4v) is 3.25. The number of likely N-dealkylation sites (tertiary alicyclic amines) is 1. The van der Waals surface area contributed by atoms with Crippen LogP contribution < -0.4 is 51.4 Å². The maximum Gasteiger partial charge on any atom is 1.00 e. The molecule has 0 atom stereocenters. The molecular formula is C19H23KN2O. The smallest absolute Gasteiger partial charge is 0.535 e. The zero-order valence-electron chi connectivity index (χ0n) is 13.8. The molecule has 1 aliphatic heterocycles. The molecule has 1 N–H and O–H groups in total. The van der Waals surface area contributed by atoms with Gasteiger partial charge in [0.15, 0.2) is 0 Å². The molecule has 0 unspecified atom stereocenters. The molecule has 1 saturated heterocycles. The third kappa shape index (κ3) is 5.48. The van der Waals surface area contributed by atoms with E-state index in [1.54, 1.807) is 0 Å². The summed E-state index contributed by atoms with van der Waals surface area (Å²) in [6.45, 7) is 3.03. The number of hydrogen-bond donors (Lipinski definition) is 1. The van der Waals surface area contributed by atoms with E-state index in [1.165, 1.54) is 11.1 Å². The molecule has 3 rings (SSSR count). The molecule has 0 aliphatic carbocycles. The van der Waals surface area contributed by atoms with Crippen LogP contribution in [-0.2, 0) is 0 Å². The van der Waals surface area contributed by atoms with Crippen molar-refractivity contribution in [2.45, 2.75) is 24.8 Å². The summed E-state index contributed by atoms with van der Waals surface area (Å²) in [5, 5.41) is 8.92. The van der Waals surface area contributed by atoms with Crippen molar-refractivity contribution in [3.8, 4) is 0 Å². The first-order valence-electron chi connectivity index (χ1n) is 8.03. The van der Waals surface area contributed by atoms with Gasteiger partial charge in [-0.3, -0.25) is 0 Å². The van der Waals surface area contributed by atoms with Crippen LogP contribution in [0.3, 0.4) is 0 Å². The average Bonchev–Trinajstić information content (AvgIpc) is 2.62. The molecule has 23 heavy (non-hydrogen) atoms. The maximum absolute atomic E-state index is 8.92. The Morgan fingerprint density at radius 2 is 1.39 bits per heavy atom. The van der Waals surface area contributed by atoms with Crippen LogP contribution in [0.25, 0.3) is 5.48 Å². The van der Waals surface area contributed by atoms with Gasteiger partial charge in [0, 0.05) is 12.5 Å². The van der Waals surface area contributed by atoms with E-state index in [-0.39, 0.29) is 57.4 Å². The van der Waals surface area contributed by atoms with Gasteiger partial charge in [-0.05, 0) is 24.2 Å². The molecule has 0 spiro atoms. The summed E-state index contributed by atoms with van der Waals surface area (Å²) in [7, 11) is 0. The van der Waals surface area contributed by atoms with E-state index in [9.17, 15) is 0 Å². The summed E-state index contributed by atoms with van der Waals surface area (Å²) in [5.74, 6) is 0.394. The molecule has 0 amide bonds. The monoisotopic (exact) mass is 334 g/mol. The van der Waals surface area contributed by atoms with E-state index >= 15 is 0 Å². The Kier molecular flexibility index (Phi) is 8.44. The molecule has 2 aromatic carbocycles. The van der Waals surface area contributed by atoms with Crippen molar-refractivity contribution in [1.82, 2.24) is 4.90 Å². The van der Waals surface area contributed by atoms with E-state index in [1.807, 2.05) is 0 Å². The molecule has 0 saturated carbocycles. The first kappa shape index (κ1) is 19.3. The maximum atomic E-state index is 8.92. The predicted octanol–water partition coefficient (Wildman–Crippen LogP) is 1.05. The van der Waals surface area contributed by atoms with Gasteiger partial charge in [0.05, 0.1) is 0 Å². The molecule has 2 aromatic rings. The molecule has 3 nitrogen and oxygen atoms in total. The largest absolute Gasteiger partial charge is 1.00 e. The molecule has 0 aromatic heterocycles. The van der Waals surface area contributed by atoms with Crippen LogP contribution in [0.5, 0.6) is 0 Å². The molecule has 116 valence electrons. The van der Waals surface area contributed by atoms with Crippen molar-refractivity contribution >= 4 is 0 Å². The Hall–Kier alpha value is -0.0436. The molecule has 0 bridgehead atoms. The van der Waals surface area contributed by atoms with Gasteiger partial charge in [0.25, 0.3) is 0 Å². The van der Waals surface area contributed by atoms with Crippen LogP contribution in [0.4, 0.5) is 0 Å². The van der Waals surface area contributed by atoms with Gasteiger partial charge >= 0.3 is 51.4 Å². The van der Waals surface area contributed by atoms with Crippen LogP contribution in [-0.4, -0.2) is 35.8 Å². The minimum atomic E-state index is 0. The standard InChI is InChI=1S/C19H23N2O.K/c22-20-18-11-13-21(14-12-18)15-19(16-7-3-1-4-8-16)17-9-5-2-6-10-17;/h1-10,18-19,22H,11-15H2;/q-1;+1. The Labute approximate surface area is 181 Å². The van der Waals surface area contributed by atoms with Crippen molar-refractivity contribution < 1.29 is 56.6 Å². The second kappa shape index (κ2) is 10.1. The average molecular weight is 335 g/mol. The minimum Gasteiger partial charge on any atom is -0.535 e. The molecular weight excluding hydrogens is 311 g/mol. The van der Waals surface area contributed by atoms with Gasteiger partial charge in [-0.25, -0.2) is 0 Å². The summed E-state index contributed by atoms with van der Waals surface area (Å²) in [6.07, 6.45) is 1.90. The Balaban J connectivity index is 0.00000192. The first-order valence-corrected chi connectivity index (χ1v) is 8.03. The number of hydrogen-bond acceptors (Lipinski definition) is 2. The quantitative estimate of drug-likeness (QED) is 0.656. The zero-order chi connectivity index (χ0) is 15.2. The molecule has 1 fully saturated rings. The van der Waals surface area contributed by atoms with Gasteiger partial charge in [0.1, 0.15) is 0 Å². The molecule has 1 heterocycles. The summed E-state index contributed by atoms with van der Waals surface area (Å²) >= 11 is 0. The van der Waals surface area contributed by atoms with E-state index in [4.69, 9.17) is 5.21 Å². The van der Waals surface area contributed by atoms with Crippen molar-refractivity contribution in [3.05, 3.63) is 77.3 Å². The summed E-state index contributed by atoms with van der Waals surface area (Å²) in [5.41, 5.74) is 6.18. The summed E-state index contributed by atoms with van der Waals surface area (Å²) in [6, 6.07) is 21.6. The zero-order valence-corrected chi connectivity index (χ0v) is 16.9. The predicted molar refractivity (Wildman–Crippen MR) is 89.3 cm³/mol. The first-order chi connectivity index (χ1) is 10.9. The molecule has 0 radical (unpaired) electrons. The second-order valence-corrected chi connectivity index (χ2v) is 6.02. The number of hydroxylamine groups is 1. The number of nitrogens with zero attached hydrogens (tertiary/aromatic N) is 2. The Bertz CT molecular complexity index is 517.